The predicted octanol–water partition coefficient (Wildman–Crippen LogP) is 0.947. The molecule has 0 aliphatic carbocycles. The van der Waals surface area contributed by atoms with Gasteiger partial charge in [-0.2, -0.15) is 11.8 Å². The lowest BCUT2D eigenvalue weighted by molar-refractivity contribution is 0.443. The molecule has 1 heterocycles. The monoisotopic (exact) mass is 450 g/mol. The highest BCUT2D eigenvalue weighted by Gasteiger charge is 2.23. The van der Waals surface area contributed by atoms with Gasteiger partial charge in [0.1, 0.15) is 0 Å². The van der Waals surface area contributed by atoms with Crippen LogP contribution in [-0.2, 0) is 10.0 Å². The van der Waals surface area contributed by atoms with E-state index in [1.807, 2.05) is 20.8 Å². The minimum absolute atomic E-state index is 0. The molecule has 1 rings (SSSR count). The van der Waals surface area contributed by atoms with E-state index in [0.717, 1.165) is 11.5 Å². The average molecular weight is 450 g/mol. The van der Waals surface area contributed by atoms with E-state index in [4.69, 9.17) is 0 Å². The number of rotatable bonds is 4. The number of hydrogen-bond donors (Lipinski definition) is 2. The van der Waals surface area contributed by atoms with Crippen molar-refractivity contribution in [2.45, 2.75) is 26.3 Å². The van der Waals surface area contributed by atoms with Gasteiger partial charge in [-0.25, -0.2) is 12.7 Å². The van der Waals surface area contributed by atoms with Crippen LogP contribution in [0.2, 0.25) is 0 Å². The van der Waals surface area contributed by atoms with Crippen molar-refractivity contribution in [2.24, 2.45) is 4.99 Å². The molecule has 1 aliphatic heterocycles. The van der Waals surface area contributed by atoms with Gasteiger partial charge in [0.05, 0.1) is 5.75 Å². The summed E-state index contributed by atoms with van der Waals surface area (Å²) in [4.78, 5) is 4.09. The highest BCUT2D eigenvalue weighted by atomic mass is 127. The van der Waals surface area contributed by atoms with Crippen molar-refractivity contribution < 1.29 is 8.42 Å². The Balaban J connectivity index is 0.00000400. The zero-order valence-electron chi connectivity index (χ0n) is 13.2. The Hall–Kier alpha value is 0.260. The van der Waals surface area contributed by atoms with Crippen LogP contribution >= 0.6 is 35.7 Å². The quantitative estimate of drug-likeness (QED) is 0.379. The molecule has 0 aromatic carbocycles. The summed E-state index contributed by atoms with van der Waals surface area (Å²) in [6, 6.07) is 0. The number of sulfonamides is 1. The minimum Gasteiger partial charge on any atom is -0.355 e. The first-order chi connectivity index (χ1) is 9.24. The maximum atomic E-state index is 12.2. The lowest BCUT2D eigenvalue weighted by atomic mass is 10.1. The molecule has 0 aromatic heterocycles. The van der Waals surface area contributed by atoms with E-state index in [-0.39, 0.29) is 35.3 Å². The highest BCUT2D eigenvalue weighted by Crippen LogP contribution is 2.12. The standard InChI is InChI=1S/C12H26N4O2S2.HI/c1-12(2,3)15-11(13-4)14-5-10-20(17,18)16-6-8-19-9-7-16;/h5-10H2,1-4H3,(H2,13,14,15);1H. The van der Waals surface area contributed by atoms with Gasteiger partial charge in [0.2, 0.25) is 10.0 Å². The van der Waals surface area contributed by atoms with Crippen LogP contribution in [0.25, 0.3) is 0 Å². The van der Waals surface area contributed by atoms with E-state index in [0.29, 0.717) is 25.6 Å². The van der Waals surface area contributed by atoms with Gasteiger partial charge in [-0.1, -0.05) is 0 Å². The number of hydrogen-bond acceptors (Lipinski definition) is 4. The Kier molecular flexibility index (Phi) is 9.53. The third-order valence-electron chi connectivity index (χ3n) is 2.73. The van der Waals surface area contributed by atoms with E-state index in [1.54, 1.807) is 23.1 Å². The summed E-state index contributed by atoms with van der Waals surface area (Å²) in [5, 5.41) is 6.25. The molecule has 0 spiro atoms. The minimum atomic E-state index is -3.16. The van der Waals surface area contributed by atoms with Gasteiger partial charge in [-0.3, -0.25) is 4.99 Å². The molecule has 0 atom stereocenters. The first-order valence-electron chi connectivity index (χ1n) is 6.79. The molecule has 126 valence electrons. The number of halogens is 1. The number of guanidine groups is 1. The number of nitrogens with one attached hydrogen (secondary N) is 2. The molecule has 0 bridgehead atoms. The molecule has 0 unspecified atom stereocenters. The van der Waals surface area contributed by atoms with Gasteiger partial charge in [0, 0.05) is 43.7 Å². The molecule has 0 aromatic rings. The fraction of sp³-hybridized carbons (Fsp3) is 0.917. The fourth-order valence-corrected chi connectivity index (χ4v) is 4.28. The summed E-state index contributed by atoms with van der Waals surface area (Å²) >= 11 is 1.80. The number of thioether (sulfide) groups is 1. The Morgan fingerprint density at radius 1 is 1.29 bits per heavy atom. The van der Waals surface area contributed by atoms with Crippen LogP contribution in [0.3, 0.4) is 0 Å². The number of aliphatic imine (C=N–C) groups is 1. The van der Waals surface area contributed by atoms with Crippen molar-refractivity contribution in [3.8, 4) is 0 Å². The summed E-state index contributed by atoms with van der Waals surface area (Å²) in [6.45, 7) is 7.71. The molecule has 1 saturated heterocycles. The van der Waals surface area contributed by atoms with Crippen molar-refractivity contribution in [1.29, 1.82) is 0 Å². The predicted molar refractivity (Wildman–Crippen MR) is 102 cm³/mol. The van der Waals surface area contributed by atoms with Gasteiger partial charge in [-0.15, -0.1) is 24.0 Å². The van der Waals surface area contributed by atoms with Gasteiger partial charge < -0.3 is 10.6 Å². The van der Waals surface area contributed by atoms with Crippen molar-refractivity contribution in [3.05, 3.63) is 0 Å². The normalized spacial score (nSPS) is 18.0. The van der Waals surface area contributed by atoms with E-state index in [2.05, 4.69) is 15.6 Å². The smallest absolute Gasteiger partial charge is 0.215 e. The topological polar surface area (TPSA) is 73.8 Å². The molecule has 1 fully saturated rings. The molecule has 0 saturated carbocycles. The first kappa shape index (κ1) is 21.3. The molecule has 6 nitrogen and oxygen atoms in total. The summed E-state index contributed by atoms with van der Waals surface area (Å²) < 4.78 is 25.9. The van der Waals surface area contributed by atoms with E-state index >= 15 is 0 Å². The fourth-order valence-electron chi connectivity index (χ4n) is 1.79. The summed E-state index contributed by atoms with van der Waals surface area (Å²) in [5.74, 6) is 2.50. The Bertz CT molecular complexity index is 429. The largest absolute Gasteiger partial charge is 0.355 e. The van der Waals surface area contributed by atoms with Crippen molar-refractivity contribution in [3.63, 3.8) is 0 Å². The first-order valence-corrected chi connectivity index (χ1v) is 9.55. The third kappa shape index (κ3) is 8.46. The SMILES string of the molecule is CN=C(NCCS(=O)(=O)N1CCSCC1)NC(C)(C)C.I. The molecule has 21 heavy (non-hydrogen) atoms. The van der Waals surface area contributed by atoms with E-state index in [9.17, 15) is 8.42 Å². The van der Waals surface area contributed by atoms with Crippen LogP contribution in [0, 0.1) is 0 Å². The second kappa shape index (κ2) is 9.41. The molecular formula is C12H27IN4O2S2. The van der Waals surface area contributed by atoms with Crippen molar-refractivity contribution >= 4 is 51.7 Å². The Labute approximate surface area is 150 Å². The van der Waals surface area contributed by atoms with Gasteiger partial charge in [0.15, 0.2) is 5.96 Å². The lowest BCUT2D eigenvalue weighted by Crippen LogP contribution is -2.49. The molecule has 9 heteroatoms. The van der Waals surface area contributed by atoms with E-state index < -0.39 is 10.0 Å². The Morgan fingerprint density at radius 2 is 1.86 bits per heavy atom. The molecular weight excluding hydrogens is 423 g/mol. The van der Waals surface area contributed by atoms with Crippen molar-refractivity contribution in [2.75, 3.05) is 43.9 Å². The Morgan fingerprint density at radius 3 is 2.33 bits per heavy atom. The van der Waals surface area contributed by atoms with Crippen LogP contribution in [0.1, 0.15) is 20.8 Å². The zero-order valence-corrected chi connectivity index (χ0v) is 17.1. The molecule has 2 N–H and O–H groups in total. The van der Waals surface area contributed by atoms with Crippen molar-refractivity contribution in [1.82, 2.24) is 14.9 Å². The third-order valence-corrected chi connectivity index (χ3v) is 5.55. The van der Waals surface area contributed by atoms with Gasteiger partial charge in [-0.05, 0) is 20.8 Å². The second-order valence-electron chi connectivity index (χ2n) is 5.70. The maximum absolute atomic E-state index is 12.2. The summed E-state index contributed by atoms with van der Waals surface area (Å²) in [6.07, 6.45) is 0. The molecule has 0 amide bonds. The second-order valence-corrected chi connectivity index (χ2v) is 9.01. The van der Waals surface area contributed by atoms with Crippen LogP contribution in [0.5, 0.6) is 0 Å². The zero-order chi connectivity index (χ0) is 15.2. The van der Waals surface area contributed by atoms with Crippen LogP contribution in [0.4, 0.5) is 0 Å². The van der Waals surface area contributed by atoms with Gasteiger partial charge >= 0.3 is 0 Å². The maximum Gasteiger partial charge on any atom is 0.215 e. The molecule has 0 radical (unpaired) electrons. The lowest BCUT2D eigenvalue weighted by Gasteiger charge is -2.26. The van der Waals surface area contributed by atoms with Gasteiger partial charge in [0.25, 0.3) is 0 Å². The van der Waals surface area contributed by atoms with Crippen LogP contribution < -0.4 is 10.6 Å². The summed E-state index contributed by atoms with van der Waals surface area (Å²) in [5.41, 5.74) is -0.106. The van der Waals surface area contributed by atoms with Crippen LogP contribution in [-0.4, -0.2) is 68.2 Å². The van der Waals surface area contributed by atoms with E-state index in [1.165, 1.54) is 0 Å². The van der Waals surface area contributed by atoms with Crippen LogP contribution in [0.15, 0.2) is 4.99 Å². The highest BCUT2D eigenvalue weighted by molar-refractivity contribution is 14.0. The molecule has 1 aliphatic rings. The average Bonchev–Trinajstić information content (AvgIpc) is 2.37. The summed E-state index contributed by atoms with van der Waals surface area (Å²) in [7, 11) is -1.48. The number of nitrogens with zero attached hydrogens (tertiary/aromatic N) is 2.